The van der Waals surface area contributed by atoms with Gasteiger partial charge in [0.1, 0.15) is 29.2 Å². The number of nitrogens with one attached hydrogen (secondary N) is 2. The maximum Gasteiger partial charge on any atom is 0.259 e. The van der Waals surface area contributed by atoms with Crippen molar-refractivity contribution in [2.24, 2.45) is 5.92 Å². The third-order valence-electron chi connectivity index (χ3n) is 10.6. The van der Waals surface area contributed by atoms with Crippen LogP contribution >= 0.6 is 0 Å². The first-order valence-electron chi connectivity index (χ1n) is 18.1. The number of likely N-dealkylation sites (N-methyl/N-ethyl adjacent to an activating group) is 1. The van der Waals surface area contributed by atoms with E-state index in [1.165, 1.54) is 4.90 Å². The molecule has 0 radical (unpaired) electrons. The summed E-state index contributed by atoms with van der Waals surface area (Å²) in [5.74, 6) is -0.936. The van der Waals surface area contributed by atoms with Crippen LogP contribution in [0.5, 0.6) is 11.5 Å². The van der Waals surface area contributed by atoms with Crippen molar-refractivity contribution in [2.45, 2.75) is 61.1 Å². The minimum atomic E-state index is -3.87. The molecular weight excluding hydrogens is 707 g/mol. The number of likely N-dealkylation sites (tertiary alicyclic amines) is 1. The third kappa shape index (κ3) is 7.56. The highest BCUT2D eigenvalue weighted by Crippen LogP contribution is 2.45. The van der Waals surface area contributed by atoms with Crippen LogP contribution in [0.3, 0.4) is 0 Å². The average Bonchev–Trinajstić information content (AvgIpc) is 4.10. The number of sulfonamides is 1. The van der Waals surface area contributed by atoms with E-state index in [0.717, 1.165) is 16.5 Å². The van der Waals surface area contributed by atoms with Crippen molar-refractivity contribution < 1.29 is 32.3 Å². The van der Waals surface area contributed by atoms with Gasteiger partial charge in [0.15, 0.2) is 0 Å². The highest BCUT2D eigenvalue weighted by Gasteiger charge is 2.62. The van der Waals surface area contributed by atoms with E-state index in [2.05, 4.69) is 16.6 Å². The zero-order valence-corrected chi connectivity index (χ0v) is 31.4. The quantitative estimate of drug-likeness (QED) is 0.182. The number of hydrogen-bond donors (Lipinski definition) is 2. The van der Waals surface area contributed by atoms with Crippen LogP contribution in [0.1, 0.15) is 31.2 Å². The Bertz CT molecular complexity index is 2180. The summed E-state index contributed by atoms with van der Waals surface area (Å²) in [5, 5.41) is 3.00. The van der Waals surface area contributed by atoms with Gasteiger partial charge < -0.3 is 19.7 Å². The second-order valence-corrected chi connectivity index (χ2v) is 16.5. The SMILES string of the molecule is C=C[C@@H]1C[C@]1(NC(=O)C1C[C@@H](Oc2cc(-c3ccccc3)nc3cc(OC)ccc23)CN1C(=O)[C@@H](Cc1ccccc1)N(C)C)C(=O)NS(=O)(=O)C1CC1. The van der Waals surface area contributed by atoms with Crippen molar-refractivity contribution in [2.75, 3.05) is 27.7 Å². The number of pyridine rings is 1. The first-order valence-corrected chi connectivity index (χ1v) is 19.7. The van der Waals surface area contributed by atoms with Gasteiger partial charge in [0.25, 0.3) is 5.91 Å². The zero-order chi connectivity index (χ0) is 38.2. The Balaban J connectivity index is 1.21. The molecule has 1 saturated heterocycles. The lowest BCUT2D eigenvalue weighted by molar-refractivity contribution is -0.143. The molecule has 13 heteroatoms. The molecule has 7 rings (SSSR count). The van der Waals surface area contributed by atoms with E-state index < -0.39 is 56.7 Å². The summed E-state index contributed by atoms with van der Waals surface area (Å²) < 4.78 is 39.9. The lowest BCUT2D eigenvalue weighted by Gasteiger charge is -2.32. The van der Waals surface area contributed by atoms with E-state index in [-0.39, 0.29) is 25.3 Å². The number of amides is 3. The molecule has 3 amide bonds. The van der Waals surface area contributed by atoms with E-state index >= 15 is 0 Å². The van der Waals surface area contributed by atoms with Gasteiger partial charge in [-0.1, -0.05) is 66.7 Å². The lowest BCUT2D eigenvalue weighted by atomic mass is 10.0. The second-order valence-electron chi connectivity index (χ2n) is 14.6. The predicted octanol–water partition coefficient (Wildman–Crippen LogP) is 4.10. The molecular formula is C41H45N5O7S. The number of carbonyl (C=O) groups is 3. The summed E-state index contributed by atoms with van der Waals surface area (Å²) in [6.07, 6.45) is 2.62. The van der Waals surface area contributed by atoms with Crippen LogP contribution in [0.25, 0.3) is 22.2 Å². The van der Waals surface area contributed by atoms with Gasteiger partial charge >= 0.3 is 0 Å². The highest BCUT2D eigenvalue weighted by atomic mass is 32.2. The number of nitrogens with zero attached hydrogens (tertiary/aromatic N) is 3. The summed E-state index contributed by atoms with van der Waals surface area (Å²) in [6.45, 7) is 3.91. The van der Waals surface area contributed by atoms with Crippen LogP contribution in [0.2, 0.25) is 0 Å². The van der Waals surface area contributed by atoms with Crippen LogP contribution in [-0.2, 0) is 30.8 Å². The standard InChI is InChI=1S/C41H45N5O7S/c1-5-28-24-41(28,40(49)44-54(50,51)31-17-18-31)43-38(47)35-22-30(25-46(35)39(48)36(45(2)3)20-26-12-8-6-9-13-26)53-37-23-33(27-14-10-7-11-15-27)42-34-21-29(52-4)16-19-32(34)37/h5-16,19,21,23,28,30-31,35-36H,1,17-18,20,22,24-25H2,2-4H3,(H,43,47)(H,44,49)/t28-,30-,35?,36-,41-/m1/s1. The molecule has 54 heavy (non-hydrogen) atoms. The minimum absolute atomic E-state index is 0.0941. The molecule has 0 spiro atoms. The van der Waals surface area contributed by atoms with Crippen molar-refractivity contribution in [1.29, 1.82) is 0 Å². The van der Waals surface area contributed by atoms with E-state index in [9.17, 15) is 22.8 Å². The van der Waals surface area contributed by atoms with Crippen molar-refractivity contribution in [1.82, 2.24) is 24.8 Å². The molecule has 2 heterocycles. The fraction of sp³-hybridized carbons (Fsp3) is 0.366. The van der Waals surface area contributed by atoms with Crippen molar-refractivity contribution >= 4 is 38.6 Å². The van der Waals surface area contributed by atoms with Gasteiger partial charge in [-0.25, -0.2) is 13.4 Å². The molecule has 2 saturated carbocycles. The maximum atomic E-state index is 14.6. The van der Waals surface area contributed by atoms with Gasteiger partial charge in [-0.05, 0) is 57.5 Å². The smallest absolute Gasteiger partial charge is 0.259 e. The van der Waals surface area contributed by atoms with Gasteiger partial charge in [0.2, 0.25) is 21.8 Å². The Kier molecular flexibility index (Phi) is 10.2. The summed E-state index contributed by atoms with van der Waals surface area (Å²) in [7, 11) is 1.37. The van der Waals surface area contributed by atoms with E-state index in [1.807, 2.05) is 104 Å². The Hall–Kier alpha value is -5.27. The summed E-state index contributed by atoms with van der Waals surface area (Å²) in [4.78, 5) is 50.8. The maximum absolute atomic E-state index is 14.6. The Morgan fingerprint density at radius 2 is 1.74 bits per heavy atom. The third-order valence-corrected chi connectivity index (χ3v) is 12.4. The molecule has 1 unspecified atom stereocenters. The highest BCUT2D eigenvalue weighted by molar-refractivity contribution is 7.91. The topological polar surface area (TPSA) is 147 Å². The van der Waals surface area contributed by atoms with Crippen LogP contribution in [-0.4, -0.2) is 97.6 Å². The molecule has 1 aromatic heterocycles. The first kappa shape index (κ1) is 37.1. The average molecular weight is 752 g/mol. The van der Waals surface area contributed by atoms with Crippen molar-refractivity contribution in [3.63, 3.8) is 0 Å². The molecule has 12 nitrogen and oxygen atoms in total. The summed E-state index contributed by atoms with van der Waals surface area (Å²) in [5.41, 5.74) is 1.68. The molecule has 3 fully saturated rings. The fourth-order valence-electron chi connectivity index (χ4n) is 7.25. The van der Waals surface area contributed by atoms with Gasteiger partial charge in [-0.15, -0.1) is 6.58 Å². The number of carbonyl (C=O) groups excluding carboxylic acids is 3. The normalized spacial score (nSPS) is 22.7. The van der Waals surface area contributed by atoms with Crippen molar-refractivity contribution in [3.8, 4) is 22.8 Å². The lowest BCUT2D eigenvalue weighted by Crippen LogP contribution is -2.58. The largest absolute Gasteiger partial charge is 0.497 e. The number of hydrogen-bond acceptors (Lipinski definition) is 9. The van der Waals surface area contributed by atoms with Gasteiger partial charge in [-0.3, -0.25) is 24.0 Å². The number of aromatic nitrogens is 1. The van der Waals surface area contributed by atoms with Crippen LogP contribution in [0.15, 0.2) is 97.6 Å². The molecule has 3 aromatic carbocycles. The molecule has 2 aliphatic carbocycles. The summed E-state index contributed by atoms with van der Waals surface area (Å²) in [6, 6.07) is 25.1. The van der Waals surface area contributed by atoms with Gasteiger partial charge in [0, 0.05) is 35.4 Å². The minimum Gasteiger partial charge on any atom is -0.497 e. The molecule has 4 aromatic rings. The molecule has 5 atom stereocenters. The predicted molar refractivity (Wildman–Crippen MR) is 205 cm³/mol. The second kappa shape index (κ2) is 14.9. The molecule has 3 aliphatic rings. The van der Waals surface area contributed by atoms with Crippen LogP contribution in [0, 0.1) is 5.92 Å². The van der Waals surface area contributed by atoms with E-state index in [1.54, 1.807) is 13.2 Å². The monoisotopic (exact) mass is 751 g/mol. The Labute approximate surface area is 315 Å². The molecule has 1 aliphatic heterocycles. The van der Waals surface area contributed by atoms with Gasteiger partial charge in [0.05, 0.1) is 36.2 Å². The number of methoxy groups -OCH3 is 1. The summed E-state index contributed by atoms with van der Waals surface area (Å²) >= 11 is 0. The van der Waals surface area contributed by atoms with E-state index in [4.69, 9.17) is 14.5 Å². The fourth-order valence-corrected chi connectivity index (χ4v) is 8.61. The van der Waals surface area contributed by atoms with Gasteiger partial charge in [-0.2, -0.15) is 0 Å². The Morgan fingerprint density at radius 1 is 1.04 bits per heavy atom. The zero-order valence-electron chi connectivity index (χ0n) is 30.6. The number of ether oxygens (including phenoxy) is 2. The van der Waals surface area contributed by atoms with E-state index in [0.29, 0.717) is 42.0 Å². The number of benzene rings is 3. The Morgan fingerprint density at radius 3 is 2.37 bits per heavy atom. The number of rotatable bonds is 14. The van der Waals surface area contributed by atoms with Crippen LogP contribution in [0.4, 0.5) is 0 Å². The molecule has 0 bridgehead atoms. The molecule has 282 valence electrons. The molecule has 2 N–H and O–H groups in total. The first-order chi connectivity index (χ1) is 25.9. The van der Waals surface area contributed by atoms with Crippen LogP contribution < -0.4 is 19.5 Å². The van der Waals surface area contributed by atoms with Crippen molar-refractivity contribution in [3.05, 3.63) is 103 Å². The number of fused-ring (bicyclic) bond motifs is 1.